The zero-order chi connectivity index (χ0) is 15.0. The topological polar surface area (TPSA) is 96.5 Å². The maximum atomic E-state index is 11.6. The molecule has 6 nitrogen and oxygen atoms in total. The molecular weight excluding hydrogens is 270 g/mol. The van der Waals surface area contributed by atoms with Gasteiger partial charge in [-0.25, -0.2) is 9.78 Å². The summed E-state index contributed by atoms with van der Waals surface area (Å²) in [5.41, 5.74) is 5.45. The van der Waals surface area contributed by atoms with E-state index in [1.807, 2.05) is 4.90 Å². The molecule has 1 aromatic heterocycles. The number of primary amides is 1. The van der Waals surface area contributed by atoms with Gasteiger partial charge in [-0.05, 0) is 37.3 Å². The van der Waals surface area contributed by atoms with Crippen LogP contribution in [0.1, 0.15) is 42.6 Å². The molecule has 0 radical (unpaired) electrons. The Kier molecular flexibility index (Phi) is 3.53. The standard InChI is InChI=1S/C15H19N3O3/c16-14(19)10-5-3-7-13(17-10)18-11-6-2-1-4-9(11)8-12(18)15(20)21/h3,5,7,9,11-12H,1-2,4,6,8H2,(H2,16,19)(H,20,21). The summed E-state index contributed by atoms with van der Waals surface area (Å²) in [6.07, 6.45) is 4.98. The average molecular weight is 289 g/mol. The van der Waals surface area contributed by atoms with E-state index in [0.29, 0.717) is 18.2 Å². The van der Waals surface area contributed by atoms with Crippen molar-refractivity contribution >= 4 is 17.7 Å². The van der Waals surface area contributed by atoms with Gasteiger partial charge >= 0.3 is 5.97 Å². The van der Waals surface area contributed by atoms with E-state index in [9.17, 15) is 14.7 Å². The number of fused-ring (bicyclic) bond motifs is 1. The highest BCUT2D eigenvalue weighted by molar-refractivity contribution is 5.91. The van der Waals surface area contributed by atoms with Crippen LogP contribution in [0.2, 0.25) is 0 Å². The molecule has 3 rings (SSSR count). The molecule has 3 N–H and O–H groups in total. The largest absolute Gasteiger partial charge is 0.480 e. The van der Waals surface area contributed by atoms with Crippen LogP contribution >= 0.6 is 0 Å². The minimum atomic E-state index is -0.823. The van der Waals surface area contributed by atoms with E-state index >= 15 is 0 Å². The monoisotopic (exact) mass is 289 g/mol. The number of carbonyl (C=O) groups is 2. The third-order valence-electron chi connectivity index (χ3n) is 4.62. The van der Waals surface area contributed by atoms with Crippen LogP contribution in [-0.4, -0.2) is 34.1 Å². The maximum Gasteiger partial charge on any atom is 0.326 e. The van der Waals surface area contributed by atoms with Gasteiger partial charge in [-0.3, -0.25) is 4.79 Å². The second-order valence-electron chi connectivity index (χ2n) is 5.85. The molecular formula is C15H19N3O3. The summed E-state index contributed by atoms with van der Waals surface area (Å²) in [6, 6.07) is 4.66. The van der Waals surface area contributed by atoms with Gasteiger partial charge < -0.3 is 15.7 Å². The lowest BCUT2D eigenvalue weighted by atomic mass is 9.85. The number of carboxylic acids is 1. The number of aromatic nitrogens is 1. The van der Waals surface area contributed by atoms with Crippen LogP contribution in [0, 0.1) is 5.92 Å². The molecule has 112 valence electrons. The van der Waals surface area contributed by atoms with E-state index in [0.717, 1.165) is 25.7 Å². The highest BCUT2D eigenvalue weighted by Gasteiger charge is 2.45. The van der Waals surface area contributed by atoms with E-state index in [1.165, 1.54) is 0 Å². The van der Waals surface area contributed by atoms with E-state index in [-0.39, 0.29) is 11.7 Å². The Morgan fingerprint density at radius 2 is 2.05 bits per heavy atom. The van der Waals surface area contributed by atoms with Crippen LogP contribution in [0.25, 0.3) is 0 Å². The van der Waals surface area contributed by atoms with Crippen molar-refractivity contribution in [1.29, 1.82) is 0 Å². The summed E-state index contributed by atoms with van der Waals surface area (Å²) in [7, 11) is 0. The first-order chi connectivity index (χ1) is 10.1. The molecule has 2 heterocycles. The normalized spacial score (nSPS) is 28.2. The van der Waals surface area contributed by atoms with Crippen LogP contribution < -0.4 is 10.6 Å². The Hall–Kier alpha value is -2.11. The molecule has 3 unspecified atom stereocenters. The third-order valence-corrected chi connectivity index (χ3v) is 4.62. The minimum Gasteiger partial charge on any atom is -0.480 e. The van der Waals surface area contributed by atoms with Crippen molar-refractivity contribution in [3.8, 4) is 0 Å². The van der Waals surface area contributed by atoms with Gasteiger partial charge in [0.05, 0.1) is 0 Å². The number of pyridine rings is 1. The van der Waals surface area contributed by atoms with Gasteiger partial charge in [-0.15, -0.1) is 0 Å². The molecule has 21 heavy (non-hydrogen) atoms. The molecule has 2 fully saturated rings. The number of hydrogen-bond acceptors (Lipinski definition) is 4. The molecule has 1 aliphatic carbocycles. The van der Waals surface area contributed by atoms with Crippen molar-refractivity contribution in [1.82, 2.24) is 4.98 Å². The van der Waals surface area contributed by atoms with Gasteiger partial charge in [-0.1, -0.05) is 18.9 Å². The zero-order valence-corrected chi connectivity index (χ0v) is 11.7. The fourth-order valence-electron chi connectivity index (χ4n) is 3.71. The van der Waals surface area contributed by atoms with Gasteiger partial charge in [-0.2, -0.15) is 0 Å². The Bertz CT molecular complexity index is 575. The summed E-state index contributed by atoms with van der Waals surface area (Å²) in [5, 5.41) is 9.51. The van der Waals surface area contributed by atoms with Crippen molar-refractivity contribution in [2.24, 2.45) is 11.7 Å². The van der Waals surface area contributed by atoms with Crippen LogP contribution in [0.15, 0.2) is 18.2 Å². The smallest absolute Gasteiger partial charge is 0.326 e. The molecule has 1 aliphatic heterocycles. The Morgan fingerprint density at radius 3 is 2.76 bits per heavy atom. The Balaban J connectivity index is 1.98. The third kappa shape index (κ3) is 2.46. The highest BCUT2D eigenvalue weighted by Crippen LogP contribution is 2.41. The van der Waals surface area contributed by atoms with Crippen molar-refractivity contribution in [3.05, 3.63) is 23.9 Å². The van der Waals surface area contributed by atoms with Gasteiger partial charge in [0.1, 0.15) is 17.6 Å². The van der Waals surface area contributed by atoms with E-state index in [2.05, 4.69) is 4.98 Å². The number of carbonyl (C=O) groups excluding carboxylic acids is 1. The van der Waals surface area contributed by atoms with Crippen molar-refractivity contribution in [2.45, 2.75) is 44.2 Å². The Morgan fingerprint density at radius 1 is 1.29 bits per heavy atom. The number of amides is 1. The zero-order valence-electron chi connectivity index (χ0n) is 11.7. The highest BCUT2D eigenvalue weighted by atomic mass is 16.4. The second kappa shape index (κ2) is 5.35. The van der Waals surface area contributed by atoms with Crippen LogP contribution in [0.4, 0.5) is 5.82 Å². The second-order valence-corrected chi connectivity index (χ2v) is 5.85. The Labute approximate surface area is 123 Å². The number of nitrogens with zero attached hydrogens (tertiary/aromatic N) is 2. The van der Waals surface area contributed by atoms with Crippen molar-refractivity contribution < 1.29 is 14.7 Å². The first kappa shape index (κ1) is 13.9. The number of rotatable bonds is 3. The number of anilines is 1. The first-order valence-corrected chi connectivity index (χ1v) is 7.36. The molecule has 1 saturated heterocycles. The van der Waals surface area contributed by atoms with Crippen molar-refractivity contribution in [2.75, 3.05) is 4.90 Å². The lowest BCUT2D eigenvalue weighted by Gasteiger charge is -2.33. The molecule has 2 aliphatic rings. The lowest BCUT2D eigenvalue weighted by molar-refractivity contribution is -0.138. The van der Waals surface area contributed by atoms with Gasteiger partial charge in [0.25, 0.3) is 5.91 Å². The SMILES string of the molecule is NC(=O)c1cccc(N2C(C(=O)O)CC3CCCCC32)n1. The summed E-state index contributed by atoms with van der Waals surface area (Å²) >= 11 is 0. The molecule has 1 amide bonds. The van der Waals surface area contributed by atoms with Crippen LogP contribution in [0.5, 0.6) is 0 Å². The first-order valence-electron chi connectivity index (χ1n) is 7.36. The van der Waals surface area contributed by atoms with Gasteiger partial charge in [0, 0.05) is 6.04 Å². The molecule has 0 spiro atoms. The molecule has 1 aromatic rings. The maximum absolute atomic E-state index is 11.6. The fourth-order valence-corrected chi connectivity index (χ4v) is 3.71. The van der Waals surface area contributed by atoms with Crippen LogP contribution in [-0.2, 0) is 4.79 Å². The quantitative estimate of drug-likeness (QED) is 0.876. The number of hydrogen-bond donors (Lipinski definition) is 2. The van der Waals surface area contributed by atoms with Gasteiger partial charge in [0.15, 0.2) is 0 Å². The molecule has 3 atom stereocenters. The summed E-state index contributed by atoms with van der Waals surface area (Å²) < 4.78 is 0. The van der Waals surface area contributed by atoms with Crippen LogP contribution in [0.3, 0.4) is 0 Å². The fraction of sp³-hybridized carbons (Fsp3) is 0.533. The minimum absolute atomic E-state index is 0.177. The van der Waals surface area contributed by atoms with E-state index in [4.69, 9.17) is 5.73 Å². The average Bonchev–Trinajstić information content (AvgIpc) is 2.87. The predicted octanol–water partition coefficient (Wildman–Crippen LogP) is 1.40. The van der Waals surface area contributed by atoms with Gasteiger partial charge in [0.2, 0.25) is 0 Å². The molecule has 0 bridgehead atoms. The number of carboxylic acid groups (broad SMARTS) is 1. The lowest BCUT2D eigenvalue weighted by Crippen LogP contribution is -2.43. The summed E-state index contributed by atoms with van der Waals surface area (Å²) in [4.78, 5) is 29.0. The predicted molar refractivity (Wildman–Crippen MR) is 77.0 cm³/mol. The van der Waals surface area contributed by atoms with E-state index in [1.54, 1.807) is 18.2 Å². The number of nitrogens with two attached hydrogens (primary N) is 1. The molecule has 1 saturated carbocycles. The summed E-state index contributed by atoms with van der Waals surface area (Å²) in [6.45, 7) is 0. The summed E-state index contributed by atoms with van der Waals surface area (Å²) in [5.74, 6) is -0.467. The molecule has 0 aromatic carbocycles. The molecule has 6 heteroatoms. The van der Waals surface area contributed by atoms with Crippen molar-refractivity contribution in [3.63, 3.8) is 0 Å². The number of aliphatic carboxylic acids is 1. The van der Waals surface area contributed by atoms with E-state index < -0.39 is 17.9 Å².